The molecule has 2 atom stereocenters. The molecule has 0 saturated heterocycles. The Bertz CT molecular complexity index is 934. The summed E-state index contributed by atoms with van der Waals surface area (Å²) in [6.07, 6.45) is 10.3. The van der Waals surface area contributed by atoms with Crippen molar-refractivity contribution in [2.75, 3.05) is 33.7 Å². The molecule has 4 heteroatoms. The molecule has 3 aliphatic rings. The normalized spacial score (nSPS) is 24.3. The van der Waals surface area contributed by atoms with Crippen molar-refractivity contribution in [1.29, 1.82) is 0 Å². The molecular weight excluding hydrogens is 368 g/mol. The molecule has 0 radical (unpaired) electrons. The van der Waals surface area contributed by atoms with E-state index in [0.717, 1.165) is 39.0 Å². The van der Waals surface area contributed by atoms with E-state index >= 15 is 0 Å². The van der Waals surface area contributed by atoms with Crippen LogP contribution in [-0.2, 0) is 19.4 Å². The predicted molar refractivity (Wildman–Crippen MR) is 123 cm³/mol. The third kappa shape index (κ3) is 3.96. The third-order valence-corrected chi connectivity index (χ3v) is 7.27. The fraction of sp³-hybridized carbons (Fsp3) is 0.500. The van der Waals surface area contributed by atoms with Crippen molar-refractivity contribution in [2.45, 2.75) is 50.7 Å². The molecule has 158 valence electrons. The van der Waals surface area contributed by atoms with Crippen LogP contribution in [0.2, 0.25) is 0 Å². The smallest absolute Gasteiger partial charge is 0.0607 e. The number of pyridine rings is 1. The van der Waals surface area contributed by atoms with Crippen LogP contribution in [-0.4, -0.2) is 54.6 Å². The van der Waals surface area contributed by atoms with Crippen LogP contribution in [0.25, 0.3) is 5.57 Å². The van der Waals surface area contributed by atoms with E-state index in [4.69, 9.17) is 4.98 Å². The Morgan fingerprint density at radius 2 is 2.07 bits per heavy atom. The van der Waals surface area contributed by atoms with Gasteiger partial charge in [-0.25, -0.2) is 0 Å². The van der Waals surface area contributed by atoms with Gasteiger partial charge < -0.3 is 10.2 Å². The van der Waals surface area contributed by atoms with Crippen molar-refractivity contribution in [3.05, 3.63) is 70.6 Å². The first-order chi connectivity index (χ1) is 14.7. The largest absolute Gasteiger partial charge is 0.308 e. The predicted octanol–water partition coefficient (Wildman–Crippen LogP) is 3.82. The summed E-state index contributed by atoms with van der Waals surface area (Å²) in [4.78, 5) is 9.70. The first kappa shape index (κ1) is 19.9. The van der Waals surface area contributed by atoms with Crippen LogP contribution < -0.4 is 5.32 Å². The van der Waals surface area contributed by atoms with Gasteiger partial charge in [0.25, 0.3) is 0 Å². The fourth-order valence-corrected chi connectivity index (χ4v) is 5.55. The SMILES string of the molecule is CN1CC=C(c2cccc3c2C[C@@H](CN(C)[C@H]2CCCc4cccnc42)NC3)CC1. The summed E-state index contributed by atoms with van der Waals surface area (Å²) < 4.78 is 0. The Morgan fingerprint density at radius 3 is 2.93 bits per heavy atom. The van der Waals surface area contributed by atoms with E-state index < -0.39 is 0 Å². The minimum atomic E-state index is 0.449. The molecule has 2 aliphatic heterocycles. The van der Waals surface area contributed by atoms with E-state index in [9.17, 15) is 0 Å². The number of benzene rings is 1. The van der Waals surface area contributed by atoms with E-state index in [2.05, 4.69) is 65.6 Å². The number of nitrogens with one attached hydrogen (secondary N) is 1. The molecule has 1 aromatic carbocycles. The molecule has 0 fully saturated rings. The Hall–Kier alpha value is -2.01. The summed E-state index contributed by atoms with van der Waals surface area (Å²) in [5.74, 6) is 0. The number of aromatic nitrogens is 1. The van der Waals surface area contributed by atoms with Gasteiger partial charge in [-0.3, -0.25) is 9.88 Å². The van der Waals surface area contributed by atoms with Crippen molar-refractivity contribution in [3.8, 4) is 0 Å². The number of hydrogen-bond donors (Lipinski definition) is 1. The van der Waals surface area contributed by atoms with Crippen molar-refractivity contribution in [3.63, 3.8) is 0 Å². The minimum absolute atomic E-state index is 0.449. The monoisotopic (exact) mass is 402 g/mol. The van der Waals surface area contributed by atoms with Gasteiger partial charge in [0.15, 0.2) is 0 Å². The molecule has 3 heterocycles. The fourth-order valence-electron chi connectivity index (χ4n) is 5.55. The maximum absolute atomic E-state index is 4.76. The lowest BCUT2D eigenvalue weighted by Gasteiger charge is -2.37. The zero-order valence-corrected chi connectivity index (χ0v) is 18.4. The van der Waals surface area contributed by atoms with Crippen molar-refractivity contribution in [1.82, 2.24) is 20.1 Å². The van der Waals surface area contributed by atoms with Crippen LogP contribution in [0.3, 0.4) is 0 Å². The molecule has 1 aromatic heterocycles. The van der Waals surface area contributed by atoms with Gasteiger partial charge >= 0.3 is 0 Å². The molecule has 0 saturated carbocycles. The lowest BCUT2D eigenvalue weighted by atomic mass is 9.86. The van der Waals surface area contributed by atoms with Gasteiger partial charge in [0.05, 0.1) is 11.7 Å². The van der Waals surface area contributed by atoms with Crippen LogP contribution in [0, 0.1) is 0 Å². The van der Waals surface area contributed by atoms with Crippen LogP contribution in [0.1, 0.15) is 53.3 Å². The van der Waals surface area contributed by atoms with Gasteiger partial charge in [-0.15, -0.1) is 0 Å². The number of rotatable bonds is 4. The standard InChI is InChI=1S/C26H34N4/c1-29-14-11-19(12-15-29)23-9-3-7-21-17-28-22(16-24(21)23)18-30(2)25-10-4-6-20-8-5-13-27-26(20)25/h3,5,7-9,11,13,22,25,28H,4,6,10,12,14-18H2,1-2H3/t22-,25-/m0/s1. The van der Waals surface area contributed by atoms with E-state index in [1.165, 1.54) is 41.6 Å². The Labute approximate surface area is 181 Å². The molecule has 4 nitrogen and oxygen atoms in total. The summed E-state index contributed by atoms with van der Waals surface area (Å²) in [6, 6.07) is 12.2. The summed E-state index contributed by atoms with van der Waals surface area (Å²) in [7, 11) is 4.50. The molecular formula is C26H34N4. The molecule has 0 spiro atoms. The quantitative estimate of drug-likeness (QED) is 0.842. The number of fused-ring (bicyclic) bond motifs is 2. The highest BCUT2D eigenvalue weighted by molar-refractivity contribution is 5.70. The summed E-state index contributed by atoms with van der Waals surface area (Å²) in [5.41, 5.74) is 8.85. The average Bonchev–Trinajstić information content (AvgIpc) is 2.79. The van der Waals surface area contributed by atoms with Crippen LogP contribution >= 0.6 is 0 Å². The van der Waals surface area contributed by atoms with Crippen LogP contribution in [0.5, 0.6) is 0 Å². The maximum Gasteiger partial charge on any atom is 0.0607 e. The highest BCUT2D eigenvalue weighted by Crippen LogP contribution is 2.33. The highest BCUT2D eigenvalue weighted by atomic mass is 15.2. The maximum atomic E-state index is 4.76. The Balaban J connectivity index is 1.33. The summed E-state index contributed by atoms with van der Waals surface area (Å²) >= 11 is 0. The average molecular weight is 403 g/mol. The van der Waals surface area contributed by atoms with Crippen LogP contribution in [0.4, 0.5) is 0 Å². The molecule has 1 N–H and O–H groups in total. The second-order valence-electron chi connectivity index (χ2n) is 9.36. The van der Waals surface area contributed by atoms with Gasteiger partial charge in [0, 0.05) is 38.4 Å². The number of hydrogen-bond acceptors (Lipinski definition) is 4. The first-order valence-corrected chi connectivity index (χ1v) is 11.5. The Kier molecular flexibility index (Phi) is 5.72. The van der Waals surface area contributed by atoms with Gasteiger partial charge in [-0.1, -0.05) is 30.3 Å². The van der Waals surface area contributed by atoms with Gasteiger partial charge in [0.1, 0.15) is 0 Å². The zero-order chi connectivity index (χ0) is 20.5. The van der Waals surface area contributed by atoms with E-state index in [-0.39, 0.29) is 0 Å². The summed E-state index contributed by atoms with van der Waals surface area (Å²) in [6.45, 7) is 4.27. The molecule has 0 unspecified atom stereocenters. The molecule has 2 aromatic rings. The topological polar surface area (TPSA) is 31.4 Å². The molecule has 5 rings (SSSR count). The van der Waals surface area contributed by atoms with Crippen molar-refractivity contribution >= 4 is 5.57 Å². The van der Waals surface area contributed by atoms with Crippen molar-refractivity contribution < 1.29 is 0 Å². The molecule has 30 heavy (non-hydrogen) atoms. The first-order valence-electron chi connectivity index (χ1n) is 11.5. The number of nitrogens with zero attached hydrogens (tertiary/aromatic N) is 3. The number of likely N-dealkylation sites (N-methyl/N-ethyl adjacent to an activating group) is 2. The number of aryl methyl sites for hydroxylation is 1. The molecule has 1 aliphatic carbocycles. The minimum Gasteiger partial charge on any atom is -0.308 e. The second kappa shape index (κ2) is 8.62. The van der Waals surface area contributed by atoms with Gasteiger partial charge in [-0.2, -0.15) is 0 Å². The van der Waals surface area contributed by atoms with E-state index in [1.807, 2.05) is 6.20 Å². The third-order valence-electron chi connectivity index (χ3n) is 7.27. The summed E-state index contributed by atoms with van der Waals surface area (Å²) in [5, 5.41) is 3.82. The molecule has 0 bridgehead atoms. The van der Waals surface area contributed by atoms with Crippen LogP contribution in [0.15, 0.2) is 42.6 Å². The van der Waals surface area contributed by atoms with E-state index in [0.29, 0.717) is 12.1 Å². The molecule has 0 amide bonds. The van der Waals surface area contributed by atoms with Gasteiger partial charge in [0.2, 0.25) is 0 Å². The van der Waals surface area contributed by atoms with Gasteiger partial charge in [-0.05, 0) is 80.1 Å². The zero-order valence-electron chi connectivity index (χ0n) is 18.4. The highest BCUT2D eigenvalue weighted by Gasteiger charge is 2.28. The van der Waals surface area contributed by atoms with Crippen molar-refractivity contribution in [2.24, 2.45) is 0 Å². The lowest BCUT2D eigenvalue weighted by Crippen LogP contribution is -2.45. The van der Waals surface area contributed by atoms with E-state index in [1.54, 1.807) is 11.1 Å². The Morgan fingerprint density at radius 1 is 1.17 bits per heavy atom. The lowest BCUT2D eigenvalue weighted by molar-refractivity contribution is 0.190. The second-order valence-corrected chi connectivity index (χ2v) is 9.36.